The van der Waals surface area contributed by atoms with Crippen LogP contribution in [0, 0.1) is 0 Å². The first-order chi connectivity index (χ1) is 14.1. The van der Waals surface area contributed by atoms with Gasteiger partial charge >= 0.3 is 0 Å². The number of carbonyl (C=O) groups excluding carboxylic acids is 1. The normalized spacial score (nSPS) is 17.7. The highest BCUT2D eigenvalue weighted by molar-refractivity contribution is 5.94. The van der Waals surface area contributed by atoms with Crippen LogP contribution >= 0.6 is 0 Å². The van der Waals surface area contributed by atoms with E-state index < -0.39 is 5.60 Å². The molecule has 7 nitrogen and oxygen atoms in total. The number of nitrogens with zero attached hydrogens (tertiary/aromatic N) is 1. The molecule has 0 aromatic heterocycles. The second-order valence-corrected chi connectivity index (χ2v) is 7.40. The predicted octanol–water partition coefficient (Wildman–Crippen LogP) is 2.14. The molecule has 1 amide bonds. The highest BCUT2D eigenvalue weighted by Gasteiger charge is 2.35. The van der Waals surface area contributed by atoms with Crippen molar-refractivity contribution < 1.29 is 24.1 Å². The van der Waals surface area contributed by atoms with Crippen molar-refractivity contribution in [3.05, 3.63) is 53.6 Å². The maximum absolute atomic E-state index is 12.4. The second kappa shape index (κ2) is 8.31. The second-order valence-electron chi connectivity index (χ2n) is 7.40. The summed E-state index contributed by atoms with van der Waals surface area (Å²) in [6, 6.07) is 12.8. The lowest BCUT2D eigenvalue weighted by Gasteiger charge is -2.39. The minimum Gasteiger partial charge on any atom is -0.496 e. The zero-order valence-corrected chi connectivity index (χ0v) is 16.5. The lowest BCUT2D eigenvalue weighted by Crippen LogP contribution is -2.45. The monoisotopic (exact) mass is 398 g/mol. The fraction of sp³-hybridized carbons (Fsp3) is 0.409. The molecule has 154 valence electrons. The van der Waals surface area contributed by atoms with Crippen LogP contribution in [0.25, 0.3) is 0 Å². The third-order valence-corrected chi connectivity index (χ3v) is 5.64. The molecular weight excluding hydrogens is 372 g/mol. The van der Waals surface area contributed by atoms with Crippen molar-refractivity contribution in [3.8, 4) is 17.2 Å². The number of rotatable bonds is 6. The first-order valence-corrected chi connectivity index (χ1v) is 9.85. The fourth-order valence-corrected chi connectivity index (χ4v) is 3.91. The largest absolute Gasteiger partial charge is 0.496 e. The van der Waals surface area contributed by atoms with Crippen LogP contribution in [0.5, 0.6) is 17.2 Å². The molecule has 1 fully saturated rings. The predicted molar refractivity (Wildman–Crippen MR) is 107 cm³/mol. The topological polar surface area (TPSA) is 80.3 Å². The molecule has 0 spiro atoms. The molecule has 1 saturated heterocycles. The van der Waals surface area contributed by atoms with E-state index in [9.17, 15) is 9.90 Å². The summed E-state index contributed by atoms with van der Waals surface area (Å²) in [5.41, 5.74) is 0.524. The molecular formula is C22H26N2O5. The minimum absolute atomic E-state index is 0.133. The first-order valence-electron chi connectivity index (χ1n) is 9.85. The Labute approximate surface area is 170 Å². The average molecular weight is 398 g/mol. The molecule has 29 heavy (non-hydrogen) atoms. The molecule has 0 unspecified atom stereocenters. The lowest BCUT2D eigenvalue weighted by atomic mass is 9.84. The number of methoxy groups -OCH3 is 1. The van der Waals surface area contributed by atoms with Gasteiger partial charge in [0.1, 0.15) is 5.75 Å². The van der Waals surface area contributed by atoms with Crippen molar-refractivity contribution in [2.75, 3.05) is 40.1 Å². The third-order valence-electron chi connectivity index (χ3n) is 5.64. The third kappa shape index (κ3) is 4.16. The summed E-state index contributed by atoms with van der Waals surface area (Å²) < 4.78 is 16.0. The quantitative estimate of drug-likeness (QED) is 0.776. The van der Waals surface area contributed by atoms with E-state index in [1.807, 2.05) is 24.3 Å². The minimum atomic E-state index is -0.876. The number of amides is 1. The van der Waals surface area contributed by atoms with Gasteiger partial charge in [0.2, 0.25) is 6.79 Å². The van der Waals surface area contributed by atoms with E-state index in [0.29, 0.717) is 36.4 Å². The Balaban J connectivity index is 1.26. The van der Waals surface area contributed by atoms with Crippen molar-refractivity contribution in [3.63, 3.8) is 0 Å². The molecule has 0 radical (unpaired) electrons. The summed E-state index contributed by atoms with van der Waals surface area (Å²) in [7, 11) is 1.63. The first kappa shape index (κ1) is 19.5. The summed E-state index contributed by atoms with van der Waals surface area (Å²) in [6.07, 6.45) is 1.26. The Bertz CT molecular complexity index is 877. The zero-order chi connectivity index (χ0) is 20.3. The van der Waals surface area contributed by atoms with Crippen LogP contribution in [-0.4, -0.2) is 56.0 Å². The highest BCUT2D eigenvalue weighted by Crippen LogP contribution is 2.37. The molecule has 0 bridgehead atoms. The van der Waals surface area contributed by atoms with E-state index in [4.69, 9.17) is 14.2 Å². The van der Waals surface area contributed by atoms with Crippen molar-refractivity contribution in [1.29, 1.82) is 0 Å². The summed E-state index contributed by atoms with van der Waals surface area (Å²) in [5, 5.41) is 14.1. The summed E-state index contributed by atoms with van der Waals surface area (Å²) in [5.74, 6) is 1.85. The number of benzene rings is 2. The standard InChI is InChI=1S/C22H26N2O5/c1-27-18-5-3-2-4-17(18)22(26)8-11-24(12-9-22)13-10-23-21(25)16-6-7-19-20(14-16)29-15-28-19/h2-7,14,26H,8-13,15H2,1H3,(H,23,25). The van der Waals surface area contributed by atoms with E-state index in [-0.39, 0.29) is 12.7 Å². The van der Waals surface area contributed by atoms with Crippen molar-refractivity contribution in [2.24, 2.45) is 0 Å². The van der Waals surface area contributed by atoms with E-state index in [1.165, 1.54) is 0 Å². The van der Waals surface area contributed by atoms with Gasteiger partial charge in [-0.05, 0) is 37.1 Å². The molecule has 0 aliphatic carbocycles. The van der Waals surface area contributed by atoms with E-state index in [1.54, 1.807) is 25.3 Å². The molecule has 2 aromatic carbocycles. The number of piperidine rings is 1. The van der Waals surface area contributed by atoms with Gasteiger partial charge in [-0.25, -0.2) is 0 Å². The Morgan fingerprint density at radius 3 is 2.72 bits per heavy atom. The van der Waals surface area contributed by atoms with Gasteiger partial charge in [-0.2, -0.15) is 0 Å². The van der Waals surface area contributed by atoms with Gasteiger partial charge in [-0.1, -0.05) is 18.2 Å². The Morgan fingerprint density at radius 2 is 1.93 bits per heavy atom. The van der Waals surface area contributed by atoms with Crippen LogP contribution in [-0.2, 0) is 5.60 Å². The Morgan fingerprint density at radius 1 is 1.17 bits per heavy atom. The van der Waals surface area contributed by atoms with Gasteiger partial charge < -0.3 is 29.5 Å². The van der Waals surface area contributed by atoms with Gasteiger partial charge in [-0.3, -0.25) is 4.79 Å². The van der Waals surface area contributed by atoms with Crippen LogP contribution in [0.3, 0.4) is 0 Å². The van der Waals surface area contributed by atoms with Crippen molar-refractivity contribution >= 4 is 5.91 Å². The van der Waals surface area contributed by atoms with E-state index in [0.717, 1.165) is 30.9 Å². The number of para-hydroxylation sites is 1. The van der Waals surface area contributed by atoms with Crippen LogP contribution in [0.1, 0.15) is 28.8 Å². The number of hydrogen-bond acceptors (Lipinski definition) is 6. The van der Waals surface area contributed by atoms with E-state index in [2.05, 4.69) is 10.2 Å². The smallest absolute Gasteiger partial charge is 0.251 e. The zero-order valence-electron chi connectivity index (χ0n) is 16.5. The Hall–Kier alpha value is -2.77. The number of likely N-dealkylation sites (tertiary alicyclic amines) is 1. The SMILES string of the molecule is COc1ccccc1C1(O)CCN(CCNC(=O)c2ccc3c(c2)OCO3)CC1. The molecule has 0 saturated carbocycles. The molecule has 4 rings (SSSR count). The van der Waals surface area contributed by atoms with Crippen LogP contribution < -0.4 is 19.5 Å². The van der Waals surface area contributed by atoms with Gasteiger partial charge in [0.15, 0.2) is 11.5 Å². The highest BCUT2D eigenvalue weighted by atomic mass is 16.7. The van der Waals surface area contributed by atoms with Crippen LogP contribution in [0.4, 0.5) is 0 Å². The molecule has 2 heterocycles. The fourth-order valence-electron chi connectivity index (χ4n) is 3.91. The molecule has 2 aliphatic heterocycles. The summed E-state index contributed by atoms with van der Waals surface area (Å²) >= 11 is 0. The van der Waals surface area contributed by atoms with Gasteiger partial charge in [0.05, 0.1) is 12.7 Å². The van der Waals surface area contributed by atoms with Crippen molar-refractivity contribution in [1.82, 2.24) is 10.2 Å². The number of nitrogens with one attached hydrogen (secondary N) is 1. The van der Waals surface area contributed by atoms with Gasteiger partial charge in [0.25, 0.3) is 5.91 Å². The van der Waals surface area contributed by atoms with Crippen LogP contribution in [0.15, 0.2) is 42.5 Å². The summed E-state index contributed by atoms with van der Waals surface area (Å²) in [4.78, 5) is 14.6. The van der Waals surface area contributed by atoms with E-state index >= 15 is 0 Å². The Kier molecular flexibility index (Phi) is 5.60. The number of ether oxygens (including phenoxy) is 3. The van der Waals surface area contributed by atoms with Crippen molar-refractivity contribution in [2.45, 2.75) is 18.4 Å². The molecule has 0 atom stereocenters. The molecule has 2 N–H and O–H groups in total. The lowest BCUT2D eigenvalue weighted by molar-refractivity contribution is -0.0270. The maximum Gasteiger partial charge on any atom is 0.251 e. The summed E-state index contributed by atoms with van der Waals surface area (Å²) in [6.45, 7) is 2.98. The molecule has 7 heteroatoms. The number of carbonyl (C=O) groups is 1. The van der Waals surface area contributed by atoms with Gasteiger partial charge in [0, 0.05) is 37.3 Å². The van der Waals surface area contributed by atoms with Crippen LogP contribution in [0.2, 0.25) is 0 Å². The average Bonchev–Trinajstić information content (AvgIpc) is 3.23. The van der Waals surface area contributed by atoms with Gasteiger partial charge in [-0.15, -0.1) is 0 Å². The number of hydrogen-bond donors (Lipinski definition) is 2. The number of aliphatic hydroxyl groups is 1. The number of fused-ring (bicyclic) bond motifs is 1. The molecule has 2 aliphatic rings. The maximum atomic E-state index is 12.4. The molecule has 2 aromatic rings.